The Labute approximate surface area is 172 Å². The first kappa shape index (κ1) is 20.2. The molecule has 2 aromatic carbocycles. The molecule has 0 radical (unpaired) electrons. The number of hydrogen-bond donors (Lipinski definition) is 0. The Morgan fingerprint density at radius 1 is 1.07 bits per heavy atom. The third-order valence-corrected chi connectivity index (χ3v) is 4.93. The number of nitrogens with zero attached hydrogens (tertiary/aromatic N) is 1. The number of aromatic nitrogens is 1. The van der Waals surface area contributed by atoms with Crippen molar-refractivity contribution in [1.82, 2.24) is 4.98 Å². The molecule has 0 fully saturated rings. The van der Waals surface area contributed by atoms with E-state index in [-0.39, 0.29) is 6.10 Å². The normalized spacial score (nSPS) is 11.9. The summed E-state index contributed by atoms with van der Waals surface area (Å²) in [6.45, 7) is 6.93. The van der Waals surface area contributed by atoms with Gasteiger partial charge in [0, 0.05) is 23.2 Å². The van der Waals surface area contributed by atoms with Crippen molar-refractivity contribution in [3.05, 3.63) is 76.9 Å². The molecule has 4 heteroatoms. The van der Waals surface area contributed by atoms with Gasteiger partial charge in [0.2, 0.25) is 0 Å². The first-order valence-electron chi connectivity index (χ1n) is 9.66. The number of ether oxygens (including phenoxy) is 2. The summed E-state index contributed by atoms with van der Waals surface area (Å²) >= 11 is 6.19. The molecule has 28 heavy (non-hydrogen) atoms. The van der Waals surface area contributed by atoms with E-state index in [2.05, 4.69) is 31.0 Å². The van der Waals surface area contributed by atoms with Gasteiger partial charge in [-0.3, -0.25) is 4.98 Å². The monoisotopic (exact) mass is 395 g/mol. The zero-order valence-electron chi connectivity index (χ0n) is 16.6. The lowest BCUT2D eigenvalue weighted by Crippen LogP contribution is -2.16. The average Bonchev–Trinajstić information content (AvgIpc) is 2.70. The van der Waals surface area contributed by atoms with E-state index in [9.17, 15) is 0 Å². The van der Waals surface area contributed by atoms with Crippen LogP contribution in [0.4, 0.5) is 0 Å². The maximum Gasteiger partial charge on any atom is 0.129 e. The molecule has 0 saturated heterocycles. The van der Waals surface area contributed by atoms with Crippen molar-refractivity contribution in [1.29, 1.82) is 0 Å². The third-order valence-electron chi connectivity index (χ3n) is 4.70. The molecule has 0 bridgehead atoms. The van der Waals surface area contributed by atoms with Crippen molar-refractivity contribution >= 4 is 11.6 Å². The van der Waals surface area contributed by atoms with E-state index in [1.54, 1.807) is 6.20 Å². The van der Waals surface area contributed by atoms with Crippen LogP contribution in [0.5, 0.6) is 11.5 Å². The van der Waals surface area contributed by atoms with Crippen LogP contribution >= 0.6 is 11.6 Å². The first-order valence-corrected chi connectivity index (χ1v) is 10.0. The second kappa shape index (κ2) is 9.61. The van der Waals surface area contributed by atoms with E-state index in [0.717, 1.165) is 35.6 Å². The van der Waals surface area contributed by atoms with Crippen molar-refractivity contribution in [2.24, 2.45) is 0 Å². The molecule has 0 unspecified atom stereocenters. The van der Waals surface area contributed by atoms with Crippen LogP contribution in [-0.2, 0) is 6.42 Å². The highest BCUT2D eigenvalue weighted by Crippen LogP contribution is 2.32. The summed E-state index contributed by atoms with van der Waals surface area (Å²) in [6.07, 6.45) is 3.58. The minimum atomic E-state index is -0.000324. The summed E-state index contributed by atoms with van der Waals surface area (Å²) in [5.41, 5.74) is 4.36. The maximum absolute atomic E-state index is 6.19. The summed E-state index contributed by atoms with van der Waals surface area (Å²) in [6, 6.07) is 17.7. The van der Waals surface area contributed by atoms with Gasteiger partial charge in [0.15, 0.2) is 0 Å². The SMILES string of the molecule is CCc1ccc(OCC[C@@H](C)Oc2ccc(Cl)cc2-c2ccccn2)cc1C. The molecule has 0 amide bonds. The smallest absolute Gasteiger partial charge is 0.129 e. The standard InChI is InChI=1S/C24H26ClNO2/c1-4-19-8-10-21(15-17(19)2)27-14-12-18(3)28-24-11-9-20(25)16-22(24)23-7-5-6-13-26-23/h5-11,13,15-16,18H,4,12,14H2,1-3H3/t18-/m1/s1. The molecule has 1 atom stereocenters. The van der Waals surface area contributed by atoms with Crippen molar-refractivity contribution in [3.8, 4) is 22.8 Å². The number of benzene rings is 2. The van der Waals surface area contributed by atoms with Gasteiger partial charge in [-0.2, -0.15) is 0 Å². The fourth-order valence-corrected chi connectivity index (χ4v) is 3.27. The van der Waals surface area contributed by atoms with Crippen molar-refractivity contribution in [2.75, 3.05) is 6.61 Å². The molecule has 0 saturated carbocycles. The van der Waals surface area contributed by atoms with Crippen LogP contribution in [-0.4, -0.2) is 17.7 Å². The second-order valence-corrected chi connectivity index (χ2v) is 7.30. The lowest BCUT2D eigenvalue weighted by Gasteiger charge is -2.18. The van der Waals surface area contributed by atoms with Crippen molar-refractivity contribution in [2.45, 2.75) is 39.7 Å². The van der Waals surface area contributed by atoms with E-state index in [1.807, 2.05) is 49.4 Å². The molecule has 3 nitrogen and oxygen atoms in total. The number of halogens is 1. The number of hydrogen-bond acceptors (Lipinski definition) is 3. The first-order chi connectivity index (χ1) is 13.6. The molecular weight excluding hydrogens is 370 g/mol. The molecule has 0 aliphatic rings. The van der Waals surface area contributed by atoms with Gasteiger partial charge in [0.05, 0.1) is 18.4 Å². The second-order valence-electron chi connectivity index (χ2n) is 6.86. The van der Waals surface area contributed by atoms with E-state index < -0.39 is 0 Å². The summed E-state index contributed by atoms with van der Waals surface area (Å²) in [4.78, 5) is 4.42. The average molecular weight is 396 g/mol. The van der Waals surface area contributed by atoms with Crippen LogP contribution < -0.4 is 9.47 Å². The van der Waals surface area contributed by atoms with Gasteiger partial charge in [0.1, 0.15) is 11.5 Å². The topological polar surface area (TPSA) is 31.4 Å². The zero-order valence-corrected chi connectivity index (χ0v) is 17.4. The van der Waals surface area contributed by atoms with Crippen LogP contribution in [0.2, 0.25) is 5.02 Å². The quantitative estimate of drug-likeness (QED) is 0.435. The Bertz CT molecular complexity index is 912. The summed E-state index contributed by atoms with van der Waals surface area (Å²) in [5.74, 6) is 1.68. The van der Waals surface area contributed by atoms with E-state index >= 15 is 0 Å². The van der Waals surface area contributed by atoms with Crippen molar-refractivity contribution < 1.29 is 9.47 Å². The fourth-order valence-electron chi connectivity index (χ4n) is 3.10. The Kier molecular flexibility index (Phi) is 6.94. The fraction of sp³-hybridized carbons (Fsp3) is 0.292. The Morgan fingerprint density at radius 3 is 2.64 bits per heavy atom. The Morgan fingerprint density at radius 2 is 1.93 bits per heavy atom. The van der Waals surface area contributed by atoms with Crippen molar-refractivity contribution in [3.63, 3.8) is 0 Å². The highest BCUT2D eigenvalue weighted by Gasteiger charge is 2.12. The van der Waals surface area contributed by atoms with Gasteiger partial charge >= 0.3 is 0 Å². The zero-order chi connectivity index (χ0) is 19.9. The molecule has 146 valence electrons. The largest absolute Gasteiger partial charge is 0.493 e. The van der Waals surface area contributed by atoms with Gasteiger partial charge in [-0.1, -0.05) is 30.7 Å². The van der Waals surface area contributed by atoms with Gasteiger partial charge in [-0.05, 0) is 73.9 Å². The molecule has 0 N–H and O–H groups in total. The van der Waals surface area contributed by atoms with Crippen LogP contribution in [0.1, 0.15) is 31.4 Å². The lowest BCUT2D eigenvalue weighted by molar-refractivity contribution is 0.177. The number of pyridine rings is 1. The summed E-state index contributed by atoms with van der Waals surface area (Å²) in [7, 11) is 0. The van der Waals surface area contributed by atoms with Gasteiger partial charge in [-0.25, -0.2) is 0 Å². The predicted octanol–water partition coefficient (Wildman–Crippen LogP) is 6.51. The molecule has 1 aromatic heterocycles. The lowest BCUT2D eigenvalue weighted by atomic mass is 10.1. The minimum absolute atomic E-state index is 0.000324. The molecule has 1 heterocycles. The van der Waals surface area contributed by atoms with Crippen LogP contribution in [0.25, 0.3) is 11.3 Å². The molecular formula is C24H26ClNO2. The Hall–Kier alpha value is -2.52. The van der Waals surface area contributed by atoms with Crippen LogP contribution in [0.3, 0.4) is 0 Å². The third kappa shape index (κ3) is 5.26. The van der Waals surface area contributed by atoms with E-state index in [1.165, 1.54) is 11.1 Å². The molecule has 3 rings (SSSR count). The van der Waals surface area contributed by atoms with E-state index in [0.29, 0.717) is 11.6 Å². The van der Waals surface area contributed by atoms with Gasteiger partial charge in [-0.15, -0.1) is 0 Å². The van der Waals surface area contributed by atoms with Crippen LogP contribution in [0.15, 0.2) is 60.8 Å². The van der Waals surface area contributed by atoms with Gasteiger partial charge < -0.3 is 9.47 Å². The predicted molar refractivity (Wildman–Crippen MR) is 115 cm³/mol. The number of rotatable bonds is 8. The van der Waals surface area contributed by atoms with Gasteiger partial charge in [0.25, 0.3) is 0 Å². The van der Waals surface area contributed by atoms with Crippen LogP contribution in [0, 0.1) is 6.92 Å². The Balaban J connectivity index is 1.61. The van der Waals surface area contributed by atoms with E-state index in [4.69, 9.17) is 21.1 Å². The summed E-state index contributed by atoms with van der Waals surface area (Å²) < 4.78 is 12.1. The summed E-state index contributed by atoms with van der Waals surface area (Å²) in [5, 5.41) is 0.662. The number of aryl methyl sites for hydroxylation is 2. The highest BCUT2D eigenvalue weighted by molar-refractivity contribution is 6.30. The molecule has 0 spiro atoms. The highest BCUT2D eigenvalue weighted by atomic mass is 35.5. The minimum Gasteiger partial charge on any atom is -0.493 e. The molecule has 3 aromatic rings. The molecule has 0 aliphatic carbocycles. The molecule has 0 aliphatic heterocycles. The maximum atomic E-state index is 6.19.